The van der Waals surface area contributed by atoms with Crippen LogP contribution in [0.5, 0.6) is 0 Å². The van der Waals surface area contributed by atoms with Gasteiger partial charge in [-0.05, 0) is 63.5 Å². The Balaban J connectivity index is -0.000000115. The van der Waals surface area contributed by atoms with Gasteiger partial charge < -0.3 is 0 Å². The van der Waals surface area contributed by atoms with Gasteiger partial charge in [0.05, 0.1) is 0 Å². The minimum absolute atomic E-state index is 0. The van der Waals surface area contributed by atoms with E-state index in [9.17, 15) is 0 Å². The zero-order valence-electron chi connectivity index (χ0n) is 24.6. The predicted molar refractivity (Wildman–Crippen MR) is 165 cm³/mol. The summed E-state index contributed by atoms with van der Waals surface area (Å²) in [5.41, 5.74) is 4.18. The first-order valence-electron chi connectivity index (χ1n) is 13.6. The zero-order valence-corrected chi connectivity index (χ0v) is 24.6. The number of hydrogen-bond donors (Lipinski definition) is 0. The average Bonchev–Trinajstić information content (AvgIpc) is 2.83. The molecule has 0 nitrogen and oxygen atoms in total. The van der Waals surface area contributed by atoms with Gasteiger partial charge in [0.2, 0.25) is 0 Å². The van der Waals surface area contributed by atoms with Crippen LogP contribution in [0.15, 0.2) is 48.6 Å². The lowest BCUT2D eigenvalue weighted by Gasteiger charge is -2.14. The van der Waals surface area contributed by atoms with Crippen molar-refractivity contribution in [2.75, 3.05) is 0 Å². The van der Waals surface area contributed by atoms with Crippen LogP contribution in [0, 0.1) is 31.1 Å². The summed E-state index contributed by atoms with van der Waals surface area (Å²) in [5.74, 6) is 3.94. The highest BCUT2D eigenvalue weighted by Crippen LogP contribution is 2.20. The Morgan fingerprint density at radius 3 is 1.62 bits per heavy atom. The van der Waals surface area contributed by atoms with Gasteiger partial charge in [-0.1, -0.05) is 149 Å². The molecule has 0 saturated carbocycles. The van der Waals surface area contributed by atoms with Gasteiger partial charge in [-0.15, -0.1) is 6.42 Å². The van der Waals surface area contributed by atoms with E-state index in [0.29, 0.717) is 0 Å². The molecule has 0 saturated heterocycles. The molecule has 0 heterocycles. The van der Waals surface area contributed by atoms with Crippen molar-refractivity contribution in [1.82, 2.24) is 0 Å². The van der Waals surface area contributed by atoms with E-state index in [2.05, 4.69) is 92.2 Å². The Kier molecular flexibility index (Phi) is 44.7. The van der Waals surface area contributed by atoms with Crippen LogP contribution in [0.4, 0.5) is 0 Å². The first kappa shape index (κ1) is 42.4. The van der Waals surface area contributed by atoms with Crippen molar-refractivity contribution in [3.63, 3.8) is 0 Å². The second kappa shape index (κ2) is 35.8. The third-order valence-corrected chi connectivity index (χ3v) is 5.14. The maximum atomic E-state index is 4.80. The molecule has 1 aromatic carbocycles. The second-order valence-corrected chi connectivity index (χ2v) is 8.49. The Labute approximate surface area is 218 Å². The molecule has 0 aliphatic heterocycles. The van der Waals surface area contributed by atoms with Gasteiger partial charge in [-0.3, -0.25) is 0 Å². The van der Waals surface area contributed by atoms with Gasteiger partial charge in [-0.25, -0.2) is 0 Å². The summed E-state index contributed by atoms with van der Waals surface area (Å²) in [6, 6.07) is 8.86. The molecule has 0 N–H and O–H groups in total. The van der Waals surface area contributed by atoms with Gasteiger partial charge in [-0.2, -0.15) is 0 Å². The summed E-state index contributed by atoms with van der Waals surface area (Å²) in [5, 5.41) is 0. The van der Waals surface area contributed by atoms with E-state index in [1.165, 1.54) is 68.1 Å². The molecule has 0 aliphatic carbocycles. The monoisotopic (exact) mass is 473 g/mol. The fraction of sp³-hybridized carbons (Fsp3) is 0.647. The molecule has 34 heavy (non-hydrogen) atoms. The number of hydrogen-bond acceptors (Lipinski definition) is 0. The van der Waals surface area contributed by atoms with Crippen LogP contribution in [-0.2, 0) is 6.42 Å². The van der Waals surface area contributed by atoms with E-state index in [0.717, 1.165) is 11.8 Å². The van der Waals surface area contributed by atoms with Crippen molar-refractivity contribution in [1.29, 1.82) is 0 Å². The fourth-order valence-electron chi connectivity index (χ4n) is 2.70. The predicted octanol–water partition coefficient (Wildman–Crippen LogP) is 12.0. The standard InChI is InChI=1S/C12H18.C10H20.C5H6.C4H10.C2H6.CH4/c1-4-10(2)9-12-7-5-11(3)6-8-12;1-5-7-10(8-6-2)9(3)4;1-3-5-4-2;1-3-4-2;1-2;/h5-8,10H,4,9H2,1-3H3;10H,3,5-8H2,1-2,4H3;1,4-5H,2H3;3-4H2,1-2H3;1-2H3;1H4/b;;5-4-;;;. The van der Waals surface area contributed by atoms with Crippen LogP contribution < -0.4 is 0 Å². The number of unbranched alkanes of at least 4 members (excludes halogenated alkanes) is 1. The van der Waals surface area contributed by atoms with Gasteiger partial charge in [0.15, 0.2) is 0 Å². The topological polar surface area (TPSA) is 0 Å². The second-order valence-electron chi connectivity index (χ2n) is 8.49. The molecule has 0 fully saturated rings. The Morgan fingerprint density at radius 1 is 0.941 bits per heavy atom. The van der Waals surface area contributed by atoms with Gasteiger partial charge in [0.1, 0.15) is 0 Å². The van der Waals surface area contributed by atoms with Gasteiger partial charge in [0.25, 0.3) is 0 Å². The molecule has 0 spiro atoms. The maximum Gasteiger partial charge on any atom is -0.0164 e. The average molecular weight is 473 g/mol. The SMILES string of the molecule is C.C#C/C=C\C.C=C(C)C(CCC)CCC.CC.CCC(C)Cc1ccc(C)cc1.CCCC. The van der Waals surface area contributed by atoms with Crippen molar-refractivity contribution in [3.05, 3.63) is 59.7 Å². The highest BCUT2D eigenvalue weighted by atomic mass is 14.1. The largest absolute Gasteiger partial charge is 0.115 e. The summed E-state index contributed by atoms with van der Waals surface area (Å²) in [6.45, 7) is 27.6. The van der Waals surface area contributed by atoms with Crippen molar-refractivity contribution < 1.29 is 0 Å². The number of aryl methyl sites for hydroxylation is 1. The zero-order chi connectivity index (χ0) is 26.5. The molecular formula is C34H64. The molecule has 1 unspecified atom stereocenters. The summed E-state index contributed by atoms with van der Waals surface area (Å²) in [4.78, 5) is 0. The summed E-state index contributed by atoms with van der Waals surface area (Å²) < 4.78 is 0. The van der Waals surface area contributed by atoms with E-state index in [1.807, 2.05) is 26.8 Å². The molecule has 1 rings (SSSR count). The minimum Gasteiger partial charge on any atom is -0.115 e. The summed E-state index contributed by atoms with van der Waals surface area (Å²) >= 11 is 0. The van der Waals surface area contributed by atoms with Crippen molar-refractivity contribution in [2.24, 2.45) is 11.8 Å². The molecule has 0 heteroatoms. The first-order valence-corrected chi connectivity index (χ1v) is 13.6. The lowest BCUT2D eigenvalue weighted by molar-refractivity contribution is 0.505. The smallest absolute Gasteiger partial charge is 0.0164 e. The number of rotatable bonds is 9. The van der Waals surface area contributed by atoms with Crippen LogP contribution in [0.25, 0.3) is 0 Å². The Morgan fingerprint density at radius 2 is 1.38 bits per heavy atom. The normalized spacial score (nSPS) is 9.85. The third-order valence-electron chi connectivity index (χ3n) is 5.14. The lowest BCUT2D eigenvalue weighted by atomic mass is 9.92. The fourth-order valence-corrected chi connectivity index (χ4v) is 2.70. The first-order chi connectivity index (χ1) is 15.8. The van der Waals surface area contributed by atoms with Crippen molar-refractivity contribution in [3.8, 4) is 12.3 Å². The van der Waals surface area contributed by atoms with Crippen LogP contribution >= 0.6 is 0 Å². The number of allylic oxidation sites excluding steroid dienone is 3. The van der Waals surface area contributed by atoms with Crippen LogP contribution in [0.3, 0.4) is 0 Å². The molecule has 0 aromatic heterocycles. The van der Waals surface area contributed by atoms with E-state index in [-0.39, 0.29) is 7.43 Å². The Bertz CT molecular complexity index is 545. The number of benzene rings is 1. The highest BCUT2D eigenvalue weighted by molar-refractivity contribution is 5.21. The lowest BCUT2D eigenvalue weighted by Crippen LogP contribution is -1.99. The van der Waals surface area contributed by atoms with Crippen LogP contribution in [0.1, 0.15) is 133 Å². The Hall–Kier alpha value is -1.74. The van der Waals surface area contributed by atoms with Gasteiger partial charge >= 0.3 is 0 Å². The summed E-state index contributed by atoms with van der Waals surface area (Å²) in [6.07, 6.45) is 18.6. The van der Waals surface area contributed by atoms with Gasteiger partial charge in [0, 0.05) is 0 Å². The third kappa shape index (κ3) is 34.9. The summed E-state index contributed by atoms with van der Waals surface area (Å²) in [7, 11) is 0. The molecule has 1 atom stereocenters. The highest BCUT2D eigenvalue weighted by Gasteiger charge is 2.05. The van der Waals surface area contributed by atoms with E-state index < -0.39 is 0 Å². The van der Waals surface area contributed by atoms with E-state index >= 15 is 0 Å². The molecule has 0 radical (unpaired) electrons. The molecule has 0 bridgehead atoms. The number of terminal acetylenes is 1. The molecular weight excluding hydrogens is 408 g/mol. The minimum atomic E-state index is 0. The van der Waals surface area contributed by atoms with Crippen LogP contribution in [-0.4, -0.2) is 0 Å². The quantitative estimate of drug-likeness (QED) is 0.247. The van der Waals surface area contributed by atoms with Crippen LogP contribution in [0.2, 0.25) is 0 Å². The molecule has 0 amide bonds. The van der Waals surface area contributed by atoms with E-state index in [4.69, 9.17) is 6.42 Å². The molecule has 1 aromatic rings. The van der Waals surface area contributed by atoms with Crippen molar-refractivity contribution >= 4 is 0 Å². The van der Waals surface area contributed by atoms with Crippen molar-refractivity contribution in [2.45, 2.75) is 135 Å². The molecule has 0 aliphatic rings. The maximum absolute atomic E-state index is 4.80. The molecule has 200 valence electrons. The van der Waals surface area contributed by atoms with E-state index in [1.54, 1.807) is 6.08 Å².